The van der Waals surface area contributed by atoms with Crippen molar-refractivity contribution >= 4 is 29.3 Å². The minimum absolute atomic E-state index is 0.0322. The van der Waals surface area contributed by atoms with Crippen LogP contribution in [0.5, 0.6) is 5.75 Å². The summed E-state index contributed by atoms with van der Waals surface area (Å²) in [5.74, 6) is -0.614. The van der Waals surface area contributed by atoms with Gasteiger partial charge in [0.05, 0.1) is 6.04 Å². The van der Waals surface area contributed by atoms with Gasteiger partial charge in [0.2, 0.25) is 0 Å². The standard InChI is InChI=1S/C21H22ClNO5/c1-3-19(24)16-6-10-18(11-7-16)27-13-21(26)28-12-20(25)23-14(2)15-4-8-17(22)9-5-15/h4-11,14H,3,12-13H2,1-2H3,(H,23,25)/t14-/m0/s1. The van der Waals surface area contributed by atoms with E-state index in [0.29, 0.717) is 22.8 Å². The molecule has 2 aromatic rings. The van der Waals surface area contributed by atoms with E-state index in [9.17, 15) is 14.4 Å². The molecule has 6 nitrogen and oxygen atoms in total. The van der Waals surface area contributed by atoms with E-state index in [-0.39, 0.29) is 18.4 Å². The van der Waals surface area contributed by atoms with Crippen LogP contribution in [0.15, 0.2) is 48.5 Å². The van der Waals surface area contributed by atoms with Crippen molar-refractivity contribution in [1.29, 1.82) is 0 Å². The summed E-state index contributed by atoms with van der Waals surface area (Å²) in [6.45, 7) is 2.87. The van der Waals surface area contributed by atoms with E-state index in [1.165, 1.54) is 0 Å². The zero-order chi connectivity index (χ0) is 20.5. The fourth-order valence-electron chi connectivity index (χ4n) is 2.39. The Hall–Kier alpha value is -2.86. The van der Waals surface area contributed by atoms with Gasteiger partial charge >= 0.3 is 5.97 Å². The minimum Gasteiger partial charge on any atom is -0.482 e. The van der Waals surface area contributed by atoms with Crippen LogP contribution in [-0.4, -0.2) is 30.9 Å². The van der Waals surface area contributed by atoms with Crippen LogP contribution >= 0.6 is 11.6 Å². The van der Waals surface area contributed by atoms with Crippen molar-refractivity contribution in [1.82, 2.24) is 5.32 Å². The lowest BCUT2D eigenvalue weighted by atomic mass is 10.1. The van der Waals surface area contributed by atoms with Gasteiger partial charge in [-0.25, -0.2) is 4.79 Å². The fourth-order valence-corrected chi connectivity index (χ4v) is 2.52. The summed E-state index contributed by atoms with van der Waals surface area (Å²) < 4.78 is 10.2. The second kappa shape index (κ2) is 10.5. The highest BCUT2D eigenvalue weighted by Gasteiger charge is 2.12. The van der Waals surface area contributed by atoms with Crippen molar-refractivity contribution in [2.45, 2.75) is 26.3 Å². The Morgan fingerprint density at radius 3 is 2.25 bits per heavy atom. The predicted octanol–water partition coefficient (Wildman–Crippen LogP) is 3.73. The van der Waals surface area contributed by atoms with Gasteiger partial charge < -0.3 is 14.8 Å². The van der Waals surface area contributed by atoms with Gasteiger partial charge in [-0.2, -0.15) is 0 Å². The molecule has 148 valence electrons. The zero-order valence-electron chi connectivity index (χ0n) is 15.7. The van der Waals surface area contributed by atoms with E-state index in [1.54, 1.807) is 43.3 Å². The first-order chi connectivity index (χ1) is 13.4. The molecule has 2 aromatic carbocycles. The number of carbonyl (C=O) groups is 3. The molecule has 0 aromatic heterocycles. The smallest absolute Gasteiger partial charge is 0.344 e. The van der Waals surface area contributed by atoms with Gasteiger partial charge in [0, 0.05) is 17.0 Å². The normalized spacial score (nSPS) is 11.4. The zero-order valence-corrected chi connectivity index (χ0v) is 16.5. The maximum atomic E-state index is 11.9. The third-order valence-electron chi connectivity index (χ3n) is 3.97. The Balaban J connectivity index is 1.72. The minimum atomic E-state index is -0.664. The van der Waals surface area contributed by atoms with Crippen LogP contribution in [0.4, 0.5) is 0 Å². The number of hydrogen-bond donors (Lipinski definition) is 1. The average Bonchev–Trinajstić information content (AvgIpc) is 2.71. The lowest BCUT2D eigenvalue weighted by molar-refractivity contribution is -0.150. The van der Waals surface area contributed by atoms with Gasteiger partial charge in [-0.1, -0.05) is 30.7 Å². The van der Waals surface area contributed by atoms with Crippen molar-refractivity contribution in [2.24, 2.45) is 0 Å². The first kappa shape index (κ1) is 21.4. The molecule has 0 unspecified atom stereocenters. The quantitative estimate of drug-likeness (QED) is 0.509. The highest BCUT2D eigenvalue weighted by Crippen LogP contribution is 2.16. The summed E-state index contributed by atoms with van der Waals surface area (Å²) in [6, 6.07) is 13.3. The highest BCUT2D eigenvalue weighted by molar-refractivity contribution is 6.30. The van der Waals surface area contributed by atoms with Crippen molar-refractivity contribution in [3.8, 4) is 5.75 Å². The van der Waals surface area contributed by atoms with E-state index in [4.69, 9.17) is 21.1 Å². The predicted molar refractivity (Wildman–Crippen MR) is 106 cm³/mol. The number of carbonyl (C=O) groups excluding carboxylic acids is 3. The van der Waals surface area contributed by atoms with E-state index in [0.717, 1.165) is 5.56 Å². The largest absolute Gasteiger partial charge is 0.482 e. The number of ether oxygens (including phenoxy) is 2. The number of rotatable bonds is 9. The number of hydrogen-bond acceptors (Lipinski definition) is 5. The molecule has 0 aliphatic heterocycles. The lowest BCUT2D eigenvalue weighted by Crippen LogP contribution is -2.31. The van der Waals surface area contributed by atoms with Crippen molar-refractivity contribution < 1.29 is 23.9 Å². The van der Waals surface area contributed by atoms with Crippen molar-refractivity contribution in [2.75, 3.05) is 13.2 Å². The van der Waals surface area contributed by atoms with Gasteiger partial charge in [-0.3, -0.25) is 9.59 Å². The Morgan fingerprint density at radius 2 is 1.64 bits per heavy atom. The molecule has 0 aliphatic rings. The molecule has 0 saturated carbocycles. The Labute approximate surface area is 168 Å². The molecule has 0 bridgehead atoms. The van der Waals surface area contributed by atoms with Crippen LogP contribution in [0, 0.1) is 0 Å². The first-order valence-electron chi connectivity index (χ1n) is 8.85. The summed E-state index contributed by atoms with van der Waals surface area (Å²) in [6.07, 6.45) is 0.422. The number of halogens is 1. The second-order valence-electron chi connectivity index (χ2n) is 6.09. The third-order valence-corrected chi connectivity index (χ3v) is 4.22. The Kier molecular flexibility index (Phi) is 8.02. The second-order valence-corrected chi connectivity index (χ2v) is 6.53. The first-order valence-corrected chi connectivity index (χ1v) is 9.23. The Bertz CT molecular complexity index is 818. The number of Topliss-reactive ketones (excluding diaryl/α,β-unsaturated/α-hetero) is 1. The topological polar surface area (TPSA) is 81.7 Å². The van der Waals surface area contributed by atoms with E-state index in [2.05, 4.69) is 5.32 Å². The number of amides is 1. The molecular formula is C21H22ClNO5. The number of benzene rings is 2. The number of nitrogens with one attached hydrogen (secondary N) is 1. The molecule has 7 heteroatoms. The van der Waals surface area contributed by atoms with Gasteiger partial charge in [0.1, 0.15) is 5.75 Å². The molecule has 1 N–H and O–H groups in total. The molecule has 0 heterocycles. The summed E-state index contributed by atoms with van der Waals surface area (Å²) in [5, 5.41) is 3.35. The monoisotopic (exact) mass is 403 g/mol. The molecule has 0 radical (unpaired) electrons. The van der Waals surface area contributed by atoms with E-state index >= 15 is 0 Å². The number of ketones is 1. The van der Waals surface area contributed by atoms with Crippen LogP contribution in [-0.2, 0) is 14.3 Å². The SMILES string of the molecule is CCC(=O)c1ccc(OCC(=O)OCC(=O)N[C@@H](C)c2ccc(Cl)cc2)cc1. The molecule has 1 atom stereocenters. The van der Waals surface area contributed by atoms with Crippen molar-refractivity contribution in [3.05, 3.63) is 64.7 Å². The molecule has 2 rings (SSSR count). The molecule has 1 amide bonds. The summed E-state index contributed by atoms with van der Waals surface area (Å²) in [5.41, 5.74) is 1.47. The van der Waals surface area contributed by atoms with Gasteiger partial charge in [0.25, 0.3) is 5.91 Å². The van der Waals surface area contributed by atoms with Crippen LogP contribution < -0.4 is 10.1 Å². The van der Waals surface area contributed by atoms with Gasteiger partial charge in [-0.05, 0) is 48.9 Å². The molecule has 0 saturated heterocycles. The van der Waals surface area contributed by atoms with Crippen LogP contribution in [0.25, 0.3) is 0 Å². The van der Waals surface area contributed by atoms with E-state index < -0.39 is 18.5 Å². The molecular weight excluding hydrogens is 382 g/mol. The molecule has 0 aliphatic carbocycles. The van der Waals surface area contributed by atoms with Gasteiger partial charge in [0.15, 0.2) is 19.0 Å². The maximum absolute atomic E-state index is 11.9. The Morgan fingerprint density at radius 1 is 1.00 bits per heavy atom. The van der Waals surface area contributed by atoms with Crippen molar-refractivity contribution in [3.63, 3.8) is 0 Å². The third kappa shape index (κ3) is 6.70. The highest BCUT2D eigenvalue weighted by atomic mass is 35.5. The summed E-state index contributed by atoms with van der Waals surface area (Å²) >= 11 is 5.84. The van der Waals surface area contributed by atoms with Crippen LogP contribution in [0.3, 0.4) is 0 Å². The van der Waals surface area contributed by atoms with E-state index in [1.807, 2.05) is 19.1 Å². The molecule has 0 spiro atoms. The average molecular weight is 404 g/mol. The fraction of sp³-hybridized carbons (Fsp3) is 0.286. The summed E-state index contributed by atoms with van der Waals surface area (Å²) in [4.78, 5) is 35.2. The molecule has 28 heavy (non-hydrogen) atoms. The van der Waals surface area contributed by atoms with Crippen LogP contribution in [0.2, 0.25) is 5.02 Å². The van der Waals surface area contributed by atoms with Gasteiger partial charge in [-0.15, -0.1) is 0 Å². The number of esters is 1. The lowest BCUT2D eigenvalue weighted by Gasteiger charge is -2.14. The molecule has 0 fully saturated rings. The maximum Gasteiger partial charge on any atom is 0.344 e. The summed E-state index contributed by atoms with van der Waals surface area (Å²) in [7, 11) is 0. The van der Waals surface area contributed by atoms with Crippen LogP contribution in [0.1, 0.15) is 42.2 Å².